The maximum atomic E-state index is 15.8. The molecule has 10 fully saturated rings. The summed E-state index contributed by atoms with van der Waals surface area (Å²) in [6.07, 6.45) is -41.6. The van der Waals surface area contributed by atoms with Crippen molar-refractivity contribution in [1.29, 1.82) is 0 Å². The number of ether oxygens (including phenoxy) is 12. The van der Waals surface area contributed by atoms with E-state index in [-0.39, 0.29) is 44.5 Å². The number of hydrogen-bond acceptors (Lipinski definition) is 32. The molecule has 0 radical (unpaired) electrons. The van der Waals surface area contributed by atoms with Gasteiger partial charge in [0, 0.05) is 12.0 Å². The van der Waals surface area contributed by atoms with Crippen LogP contribution in [0.3, 0.4) is 0 Å². The molecular formula is C64H104O32. The minimum Gasteiger partial charge on any atom is -0.432 e. The number of hydrogen-bond donors (Lipinski definition) is 19. The van der Waals surface area contributed by atoms with Gasteiger partial charge in [-0.2, -0.15) is 0 Å². The first-order valence-corrected chi connectivity index (χ1v) is 33.9. The van der Waals surface area contributed by atoms with Gasteiger partial charge in [0.15, 0.2) is 37.6 Å². The number of aliphatic hydroxyl groups excluding tert-OH is 19. The van der Waals surface area contributed by atoms with E-state index in [1.807, 2.05) is 13.8 Å². The van der Waals surface area contributed by atoms with Crippen molar-refractivity contribution in [1.82, 2.24) is 0 Å². The maximum Gasteiger partial charge on any atom is 0.315 e. The molecule has 6 aliphatic heterocycles. The van der Waals surface area contributed by atoms with Crippen LogP contribution in [0, 0.1) is 50.2 Å². The summed E-state index contributed by atoms with van der Waals surface area (Å²) in [6, 6.07) is 0. The highest BCUT2D eigenvalue weighted by Gasteiger charge is 2.71. The molecule has 32 nitrogen and oxygen atoms in total. The number of aliphatic hydroxyl groups is 19. The second-order valence-corrected chi connectivity index (χ2v) is 30.7. The SMILES string of the molecule is C[C@@H]1O[C@@H](O[C@H]2[C@H](O[C@H]3CC[C@@]4(C)[C@@H](CC[C@]5(C)[C@@H]4CC=C4[C@@H]6C[C@](C)(CO)CC[C@]6(C(=O)O[C@@H]6O[C@H](CO[C@@H]7O[C@H](CO)[C@@H](O)[C@H](O)[C@H]7O)[C@@H](O)[C@H](O)[C@H]6O[C@@H]6O[C@H](CO)[C@@H](O)[C@H](O)[C@H]6O)CC[C@]45C)[C@]3(C)CO)OC[C@H](O)[C@@H]2O)[C@H](O)[C@H](O[C@@H]2OC[C@H](O)[C@H](O)[C@H]2O)[C@H]1O. The molecule has 0 amide bonds. The second kappa shape index (κ2) is 28.6. The van der Waals surface area contributed by atoms with E-state index in [2.05, 4.69) is 26.8 Å². The van der Waals surface area contributed by atoms with Gasteiger partial charge in [0.05, 0.1) is 57.3 Å². The fraction of sp³-hybridized carbons (Fsp3) is 0.953. The van der Waals surface area contributed by atoms with Crippen molar-refractivity contribution in [3.63, 3.8) is 0 Å². The standard InChI is InChI=1S/C64H104O32/c1-25-36(71)49(93-53-45(80)37(72)28(69)20-85-53)48(83)55(88-25)94-50-38(73)29(70)21-86-56(50)92-35-10-11-60(3)33(61(35,4)24-68)9-12-63(6)34(60)8-7-26-27-17-59(2,23-67)13-15-64(27,16-14-62(26,63)5)58(84)96-57-51(95-54-47(82)43(78)40(75)31(19-66)90-54)44(79)41(76)32(91-57)22-87-52-46(81)42(77)39(74)30(18-65)89-52/h7,25,27-57,65-83H,8-24H2,1-6H3/t25-,27-,28-,29-,30+,31+,32+,33+,34+,35-,36-,37-,38-,39+,40+,41+,42-,43-,44-,45+,46+,47+,48+,49+,50+,51+,52+,53-,54-,55-,56-,57-,59+,60-,61-,62+,63+,64-/m0/s1. The molecule has 0 unspecified atom stereocenters. The highest BCUT2D eigenvalue weighted by molar-refractivity contribution is 5.79. The number of allylic oxidation sites excluding steroid dienone is 2. The first-order chi connectivity index (χ1) is 45.2. The molecule has 5 aliphatic carbocycles. The molecule has 0 spiro atoms. The van der Waals surface area contributed by atoms with E-state index in [0.717, 1.165) is 5.57 Å². The molecule has 96 heavy (non-hydrogen) atoms. The Morgan fingerprint density at radius 1 is 0.500 bits per heavy atom. The Morgan fingerprint density at radius 3 is 1.69 bits per heavy atom. The number of esters is 1. The van der Waals surface area contributed by atoms with Crippen molar-refractivity contribution >= 4 is 5.97 Å². The molecule has 0 aromatic heterocycles. The van der Waals surface area contributed by atoms with Crippen LogP contribution in [-0.2, 0) is 61.6 Å². The van der Waals surface area contributed by atoms with Gasteiger partial charge < -0.3 is 154 Å². The Balaban J connectivity index is 0.839. The third kappa shape index (κ3) is 12.8. The van der Waals surface area contributed by atoms with Crippen LogP contribution in [0.15, 0.2) is 11.6 Å². The van der Waals surface area contributed by atoms with Crippen LogP contribution >= 0.6 is 0 Å². The monoisotopic (exact) mass is 1380 g/mol. The van der Waals surface area contributed by atoms with Gasteiger partial charge in [-0.05, 0) is 111 Å². The number of fused-ring (bicyclic) bond motifs is 7. The van der Waals surface area contributed by atoms with Crippen LogP contribution in [0.5, 0.6) is 0 Å². The average molecular weight is 1390 g/mol. The van der Waals surface area contributed by atoms with Gasteiger partial charge in [-0.25, -0.2) is 0 Å². The lowest BCUT2D eigenvalue weighted by molar-refractivity contribution is -0.379. The van der Waals surface area contributed by atoms with E-state index >= 15 is 4.79 Å². The molecule has 0 aromatic carbocycles. The molecule has 32 heteroatoms. The highest BCUT2D eigenvalue weighted by Crippen LogP contribution is 2.76. The van der Waals surface area contributed by atoms with Crippen LogP contribution in [0.4, 0.5) is 0 Å². The number of carbonyl (C=O) groups is 1. The molecule has 6 saturated heterocycles. The molecule has 38 atom stereocenters. The summed E-state index contributed by atoms with van der Waals surface area (Å²) in [5.74, 6) is -1.57. The molecule has 0 bridgehead atoms. The van der Waals surface area contributed by atoms with Crippen molar-refractivity contribution in [2.45, 2.75) is 284 Å². The Bertz CT molecular complexity index is 2680. The summed E-state index contributed by atoms with van der Waals surface area (Å²) in [5.41, 5.74) is -3.47. The van der Waals surface area contributed by atoms with Crippen LogP contribution in [0.1, 0.15) is 106 Å². The Morgan fingerprint density at radius 2 is 1.05 bits per heavy atom. The zero-order valence-electron chi connectivity index (χ0n) is 54.9. The van der Waals surface area contributed by atoms with E-state index < -0.39 is 249 Å². The molecular weight excluding hydrogens is 1280 g/mol. The fourth-order valence-corrected chi connectivity index (χ4v) is 18.8. The predicted octanol–water partition coefficient (Wildman–Crippen LogP) is -6.14. The maximum absolute atomic E-state index is 15.8. The summed E-state index contributed by atoms with van der Waals surface area (Å²) in [4.78, 5) is 15.8. The fourth-order valence-electron chi connectivity index (χ4n) is 18.8. The summed E-state index contributed by atoms with van der Waals surface area (Å²) < 4.78 is 71.8. The molecule has 552 valence electrons. The van der Waals surface area contributed by atoms with Crippen LogP contribution < -0.4 is 0 Å². The van der Waals surface area contributed by atoms with E-state index in [4.69, 9.17) is 56.8 Å². The first-order valence-electron chi connectivity index (χ1n) is 33.9. The molecule has 0 aromatic rings. The highest BCUT2D eigenvalue weighted by atomic mass is 16.8. The topological polar surface area (TPSA) is 512 Å². The summed E-state index contributed by atoms with van der Waals surface area (Å²) in [6.45, 7) is 8.41. The summed E-state index contributed by atoms with van der Waals surface area (Å²) in [5, 5.41) is 207. The van der Waals surface area contributed by atoms with Gasteiger partial charge >= 0.3 is 5.97 Å². The predicted molar refractivity (Wildman–Crippen MR) is 317 cm³/mol. The Hall–Kier alpha value is -1.99. The lowest BCUT2D eigenvalue weighted by Crippen LogP contribution is -2.67. The van der Waals surface area contributed by atoms with Crippen LogP contribution in [-0.4, -0.2) is 327 Å². The lowest BCUT2D eigenvalue weighted by atomic mass is 9.33. The Labute approximate surface area is 555 Å². The van der Waals surface area contributed by atoms with Crippen LogP contribution in [0.2, 0.25) is 0 Å². The first kappa shape index (κ1) is 75.2. The molecule has 4 saturated carbocycles. The second-order valence-electron chi connectivity index (χ2n) is 30.7. The molecule has 6 heterocycles. The minimum absolute atomic E-state index is 0.0209. The van der Waals surface area contributed by atoms with Crippen LogP contribution in [0.25, 0.3) is 0 Å². The van der Waals surface area contributed by atoms with Crippen molar-refractivity contribution in [3.05, 3.63) is 11.6 Å². The zero-order valence-corrected chi connectivity index (χ0v) is 54.9. The number of carbonyl (C=O) groups excluding carboxylic acids is 1. The van der Waals surface area contributed by atoms with Crippen molar-refractivity contribution < 1.29 is 159 Å². The third-order valence-corrected chi connectivity index (χ3v) is 25.2. The van der Waals surface area contributed by atoms with Gasteiger partial charge in [-0.3, -0.25) is 4.79 Å². The Kier molecular flexibility index (Phi) is 22.4. The largest absolute Gasteiger partial charge is 0.432 e. The zero-order chi connectivity index (χ0) is 69.8. The molecule has 19 N–H and O–H groups in total. The average Bonchev–Trinajstić information content (AvgIpc) is 0.674. The lowest BCUT2D eigenvalue weighted by Gasteiger charge is -2.71. The van der Waals surface area contributed by atoms with Gasteiger partial charge in [0.25, 0.3) is 0 Å². The quantitative estimate of drug-likeness (QED) is 0.0366. The minimum atomic E-state index is -2.07. The van der Waals surface area contributed by atoms with E-state index in [1.165, 1.54) is 6.92 Å². The smallest absolute Gasteiger partial charge is 0.315 e. The van der Waals surface area contributed by atoms with E-state index in [1.54, 1.807) is 0 Å². The third-order valence-electron chi connectivity index (χ3n) is 25.2. The van der Waals surface area contributed by atoms with Gasteiger partial charge in [0.2, 0.25) is 6.29 Å². The van der Waals surface area contributed by atoms with Crippen molar-refractivity contribution in [2.24, 2.45) is 50.2 Å². The molecule has 11 aliphatic rings. The normalized spacial score (nSPS) is 55.4. The van der Waals surface area contributed by atoms with E-state index in [0.29, 0.717) is 51.4 Å². The van der Waals surface area contributed by atoms with E-state index in [9.17, 15) is 97.0 Å². The van der Waals surface area contributed by atoms with Gasteiger partial charge in [-0.1, -0.05) is 46.3 Å². The van der Waals surface area contributed by atoms with Crippen molar-refractivity contribution in [2.75, 3.05) is 46.2 Å². The summed E-state index contributed by atoms with van der Waals surface area (Å²) in [7, 11) is 0. The number of rotatable bonds is 17. The summed E-state index contributed by atoms with van der Waals surface area (Å²) >= 11 is 0. The van der Waals surface area contributed by atoms with Crippen molar-refractivity contribution in [3.8, 4) is 0 Å². The van der Waals surface area contributed by atoms with Gasteiger partial charge in [-0.15, -0.1) is 0 Å². The molecule has 11 rings (SSSR count). The van der Waals surface area contributed by atoms with Gasteiger partial charge in [0.1, 0.15) is 122 Å².